The summed E-state index contributed by atoms with van der Waals surface area (Å²) in [6, 6.07) is 12.6. The second-order valence-electron chi connectivity index (χ2n) is 6.89. The van der Waals surface area contributed by atoms with Crippen molar-refractivity contribution in [2.24, 2.45) is 0 Å². The number of hydrogen-bond donors (Lipinski definition) is 1. The van der Waals surface area contributed by atoms with Crippen molar-refractivity contribution < 1.29 is 13.2 Å². The lowest BCUT2D eigenvalue weighted by Crippen LogP contribution is -2.41. The highest BCUT2D eigenvalue weighted by Crippen LogP contribution is 2.28. The number of carbonyl (C=O) groups excluding carboxylic acids is 1. The van der Waals surface area contributed by atoms with Gasteiger partial charge in [0.1, 0.15) is 6.54 Å². The first kappa shape index (κ1) is 19.7. The van der Waals surface area contributed by atoms with Crippen LogP contribution < -0.4 is 9.62 Å². The molecule has 0 radical (unpaired) electrons. The van der Waals surface area contributed by atoms with Gasteiger partial charge in [0, 0.05) is 0 Å². The molecule has 144 valence electrons. The van der Waals surface area contributed by atoms with Gasteiger partial charge < -0.3 is 5.32 Å². The fourth-order valence-corrected chi connectivity index (χ4v) is 4.55. The zero-order valence-electron chi connectivity index (χ0n) is 15.4. The molecular weight excluding hydrogens is 384 g/mol. The number of hydrogen-bond acceptors (Lipinski definition) is 3. The number of benzene rings is 2. The minimum Gasteiger partial charge on any atom is -0.348 e. The van der Waals surface area contributed by atoms with Crippen LogP contribution in [0.15, 0.2) is 42.5 Å². The van der Waals surface area contributed by atoms with Crippen LogP contribution in [-0.2, 0) is 27.7 Å². The molecule has 1 aliphatic rings. The summed E-state index contributed by atoms with van der Waals surface area (Å²) in [7, 11) is -3.66. The molecule has 0 spiro atoms. The van der Waals surface area contributed by atoms with Crippen molar-refractivity contribution in [1.82, 2.24) is 5.32 Å². The number of fused-ring (bicyclic) bond motifs is 1. The van der Waals surface area contributed by atoms with E-state index in [0.717, 1.165) is 29.0 Å². The molecular formula is C20H23ClN2O3S. The van der Waals surface area contributed by atoms with E-state index in [2.05, 4.69) is 17.4 Å². The van der Waals surface area contributed by atoms with Gasteiger partial charge in [-0.05, 0) is 55.0 Å². The van der Waals surface area contributed by atoms with Crippen LogP contribution in [0.4, 0.5) is 5.69 Å². The zero-order valence-corrected chi connectivity index (χ0v) is 17.0. The maximum absolute atomic E-state index is 12.5. The number of sulfonamides is 1. The van der Waals surface area contributed by atoms with Crippen LogP contribution in [0, 0.1) is 0 Å². The van der Waals surface area contributed by atoms with Crippen LogP contribution >= 0.6 is 11.6 Å². The molecule has 1 amide bonds. The van der Waals surface area contributed by atoms with Crippen molar-refractivity contribution in [2.45, 2.75) is 32.2 Å². The SMILES string of the molecule is C[C@@H](NC(=O)CN(c1ccccc1Cl)S(C)(=O)=O)c1ccc2c(c1)CCC2. The fourth-order valence-electron chi connectivity index (χ4n) is 3.40. The van der Waals surface area contributed by atoms with Gasteiger partial charge in [-0.2, -0.15) is 0 Å². The second kappa shape index (κ2) is 7.90. The molecule has 1 atom stereocenters. The van der Waals surface area contributed by atoms with Crippen molar-refractivity contribution in [2.75, 3.05) is 17.1 Å². The molecule has 5 nitrogen and oxygen atoms in total. The van der Waals surface area contributed by atoms with Crippen molar-refractivity contribution in [1.29, 1.82) is 0 Å². The third kappa shape index (κ3) is 4.62. The number of nitrogens with zero attached hydrogens (tertiary/aromatic N) is 1. The molecule has 0 aliphatic heterocycles. The molecule has 2 aromatic rings. The summed E-state index contributed by atoms with van der Waals surface area (Å²) in [5.41, 5.74) is 4.02. The number of carbonyl (C=O) groups is 1. The Morgan fingerprint density at radius 3 is 2.59 bits per heavy atom. The normalized spacial score (nSPS) is 14.5. The van der Waals surface area contributed by atoms with E-state index in [9.17, 15) is 13.2 Å². The van der Waals surface area contributed by atoms with Crippen molar-refractivity contribution in [3.63, 3.8) is 0 Å². The van der Waals surface area contributed by atoms with E-state index in [4.69, 9.17) is 11.6 Å². The summed E-state index contributed by atoms with van der Waals surface area (Å²) in [6.45, 7) is 1.58. The predicted molar refractivity (Wildman–Crippen MR) is 109 cm³/mol. The number of halogens is 1. The quantitative estimate of drug-likeness (QED) is 0.798. The van der Waals surface area contributed by atoms with Crippen molar-refractivity contribution in [3.8, 4) is 0 Å². The lowest BCUT2D eigenvalue weighted by Gasteiger charge is -2.24. The summed E-state index contributed by atoms with van der Waals surface area (Å²) >= 11 is 6.13. The van der Waals surface area contributed by atoms with E-state index in [1.807, 2.05) is 13.0 Å². The Bertz CT molecular complexity index is 959. The van der Waals surface area contributed by atoms with Crippen LogP contribution in [0.1, 0.15) is 36.1 Å². The summed E-state index contributed by atoms with van der Waals surface area (Å²) in [5.74, 6) is -0.381. The molecule has 0 unspecified atom stereocenters. The Morgan fingerprint density at radius 1 is 1.19 bits per heavy atom. The third-order valence-electron chi connectivity index (χ3n) is 4.81. The highest BCUT2D eigenvalue weighted by Gasteiger charge is 2.24. The molecule has 0 bridgehead atoms. The first-order chi connectivity index (χ1) is 12.8. The Kier molecular flexibility index (Phi) is 5.77. The molecule has 0 heterocycles. The minimum atomic E-state index is -3.66. The first-order valence-electron chi connectivity index (χ1n) is 8.89. The van der Waals surface area contributed by atoms with Crippen LogP contribution in [-0.4, -0.2) is 27.1 Å². The van der Waals surface area contributed by atoms with Gasteiger partial charge in [-0.25, -0.2) is 8.42 Å². The second-order valence-corrected chi connectivity index (χ2v) is 9.21. The number of para-hydroxylation sites is 1. The molecule has 0 saturated heterocycles. The van der Waals surface area contributed by atoms with Gasteiger partial charge in [0.15, 0.2) is 0 Å². The van der Waals surface area contributed by atoms with Gasteiger partial charge in [0.05, 0.1) is 23.0 Å². The maximum Gasteiger partial charge on any atom is 0.241 e. The Balaban J connectivity index is 1.74. The van der Waals surface area contributed by atoms with Crippen LogP contribution in [0.2, 0.25) is 5.02 Å². The van der Waals surface area contributed by atoms with Gasteiger partial charge >= 0.3 is 0 Å². The number of anilines is 1. The van der Waals surface area contributed by atoms with Crippen molar-refractivity contribution >= 4 is 33.2 Å². The van der Waals surface area contributed by atoms with Gasteiger partial charge in [-0.1, -0.05) is 41.9 Å². The molecule has 1 N–H and O–H groups in total. The molecule has 27 heavy (non-hydrogen) atoms. The zero-order chi connectivity index (χ0) is 19.6. The van der Waals surface area contributed by atoms with E-state index in [-0.39, 0.29) is 23.5 Å². The molecule has 0 saturated carbocycles. The van der Waals surface area contributed by atoms with E-state index < -0.39 is 10.0 Å². The highest BCUT2D eigenvalue weighted by atomic mass is 35.5. The smallest absolute Gasteiger partial charge is 0.241 e. The first-order valence-corrected chi connectivity index (χ1v) is 11.1. The van der Waals surface area contributed by atoms with Crippen LogP contribution in [0.5, 0.6) is 0 Å². The van der Waals surface area contributed by atoms with E-state index in [1.165, 1.54) is 17.5 Å². The Labute approximate surface area is 165 Å². The molecule has 7 heteroatoms. The summed E-state index contributed by atoms with van der Waals surface area (Å²) in [6.07, 6.45) is 4.41. The van der Waals surface area contributed by atoms with Crippen molar-refractivity contribution in [3.05, 3.63) is 64.2 Å². The summed E-state index contributed by atoms with van der Waals surface area (Å²) < 4.78 is 25.4. The summed E-state index contributed by atoms with van der Waals surface area (Å²) in [5, 5.41) is 3.17. The number of rotatable bonds is 6. The molecule has 0 aromatic heterocycles. The molecule has 1 aliphatic carbocycles. The Hall–Kier alpha value is -2.05. The molecule has 2 aromatic carbocycles. The van der Waals surface area contributed by atoms with E-state index in [1.54, 1.807) is 24.3 Å². The number of amides is 1. The number of aryl methyl sites for hydroxylation is 2. The van der Waals surface area contributed by atoms with Crippen LogP contribution in [0.25, 0.3) is 0 Å². The molecule has 0 fully saturated rings. The monoisotopic (exact) mass is 406 g/mol. The topological polar surface area (TPSA) is 66.5 Å². The van der Waals surface area contributed by atoms with Gasteiger partial charge in [-0.3, -0.25) is 9.10 Å². The maximum atomic E-state index is 12.5. The average Bonchev–Trinajstić information content (AvgIpc) is 3.07. The van der Waals surface area contributed by atoms with E-state index >= 15 is 0 Å². The Morgan fingerprint density at radius 2 is 1.89 bits per heavy atom. The third-order valence-corrected chi connectivity index (χ3v) is 6.25. The molecule has 3 rings (SSSR count). The van der Waals surface area contributed by atoms with E-state index in [0.29, 0.717) is 5.69 Å². The largest absolute Gasteiger partial charge is 0.348 e. The van der Waals surface area contributed by atoms with Gasteiger partial charge in [0.2, 0.25) is 15.9 Å². The highest BCUT2D eigenvalue weighted by molar-refractivity contribution is 7.92. The number of nitrogens with one attached hydrogen (secondary N) is 1. The fraction of sp³-hybridized carbons (Fsp3) is 0.350. The lowest BCUT2D eigenvalue weighted by atomic mass is 10.0. The van der Waals surface area contributed by atoms with Crippen LogP contribution in [0.3, 0.4) is 0 Å². The summed E-state index contributed by atoms with van der Waals surface area (Å²) in [4.78, 5) is 12.5. The lowest BCUT2D eigenvalue weighted by molar-refractivity contribution is -0.120. The predicted octanol–water partition coefficient (Wildman–Crippen LogP) is 3.47. The minimum absolute atomic E-state index is 0.212. The standard InChI is InChI=1S/C20H23ClN2O3S/c1-14(16-11-10-15-6-5-7-17(15)12-16)22-20(24)13-23(27(2,25)26)19-9-4-3-8-18(19)21/h3-4,8-12,14H,5-7,13H2,1-2H3,(H,22,24)/t14-/m1/s1. The average molecular weight is 407 g/mol. The van der Waals surface area contributed by atoms with Gasteiger partial charge in [-0.15, -0.1) is 0 Å². The van der Waals surface area contributed by atoms with Gasteiger partial charge in [0.25, 0.3) is 0 Å².